The van der Waals surface area contributed by atoms with Crippen LogP contribution in [0.3, 0.4) is 0 Å². The number of ether oxygens (including phenoxy) is 2. The third-order valence-electron chi connectivity index (χ3n) is 4.98. The predicted molar refractivity (Wildman–Crippen MR) is 108 cm³/mol. The van der Waals surface area contributed by atoms with Gasteiger partial charge < -0.3 is 20.1 Å². The van der Waals surface area contributed by atoms with Gasteiger partial charge in [0.15, 0.2) is 0 Å². The van der Waals surface area contributed by atoms with Gasteiger partial charge in [-0.3, -0.25) is 9.59 Å². The van der Waals surface area contributed by atoms with E-state index in [4.69, 9.17) is 9.47 Å². The molecule has 1 aliphatic carbocycles. The first-order chi connectivity index (χ1) is 13.6. The van der Waals surface area contributed by atoms with Crippen LogP contribution in [-0.2, 0) is 16.0 Å². The highest BCUT2D eigenvalue weighted by molar-refractivity contribution is 6.13. The van der Waals surface area contributed by atoms with Gasteiger partial charge in [0.1, 0.15) is 23.5 Å². The van der Waals surface area contributed by atoms with Crippen molar-refractivity contribution in [1.29, 1.82) is 0 Å². The molecular formula is C22H26N2O4. The Balaban J connectivity index is 1.48. The minimum atomic E-state index is -0.957. The standard InChI is InChI=1S/C22H26N2O4/c1-3-16-6-4-5-7-19(16)24-21(26)22(12-13-22)20(25)23-14-15-28-18-10-8-17(27-2)9-11-18/h4-11H,3,12-15H2,1-2H3,(H,23,25)(H,24,26). The Morgan fingerprint density at radius 2 is 1.68 bits per heavy atom. The Labute approximate surface area is 165 Å². The lowest BCUT2D eigenvalue weighted by Gasteiger charge is -2.17. The lowest BCUT2D eigenvalue weighted by molar-refractivity contribution is -0.134. The fourth-order valence-corrected chi connectivity index (χ4v) is 3.05. The molecule has 0 unspecified atom stereocenters. The number of carbonyl (C=O) groups excluding carboxylic acids is 2. The number of aryl methyl sites for hydroxylation is 1. The van der Waals surface area contributed by atoms with Crippen LogP contribution in [0.5, 0.6) is 11.5 Å². The van der Waals surface area contributed by atoms with Gasteiger partial charge in [-0.15, -0.1) is 0 Å². The molecule has 1 aliphatic rings. The van der Waals surface area contributed by atoms with Crippen molar-refractivity contribution in [2.24, 2.45) is 5.41 Å². The predicted octanol–water partition coefficient (Wildman–Crippen LogP) is 3.17. The van der Waals surface area contributed by atoms with E-state index in [1.807, 2.05) is 55.5 Å². The number of para-hydroxylation sites is 1. The highest BCUT2D eigenvalue weighted by atomic mass is 16.5. The van der Waals surface area contributed by atoms with E-state index in [0.29, 0.717) is 31.7 Å². The van der Waals surface area contributed by atoms with Gasteiger partial charge in [0.05, 0.1) is 13.7 Å². The van der Waals surface area contributed by atoms with Gasteiger partial charge in [0.25, 0.3) is 0 Å². The van der Waals surface area contributed by atoms with Gasteiger partial charge >= 0.3 is 0 Å². The monoisotopic (exact) mass is 382 g/mol. The Kier molecular flexibility index (Phi) is 6.19. The van der Waals surface area contributed by atoms with E-state index >= 15 is 0 Å². The molecule has 28 heavy (non-hydrogen) atoms. The summed E-state index contributed by atoms with van der Waals surface area (Å²) in [5, 5.41) is 5.75. The van der Waals surface area contributed by atoms with Gasteiger partial charge in [0, 0.05) is 5.69 Å². The summed E-state index contributed by atoms with van der Waals surface area (Å²) < 4.78 is 10.7. The Hall–Kier alpha value is -3.02. The summed E-state index contributed by atoms with van der Waals surface area (Å²) in [5.41, 5.74) is 0.873. The quantitative estimate of drug-likeness (QED) is 0.516. The van der Waals surface area contributed by atoms with Gasteiger partial charge in [0.2, 0.25) is 11.8 Å². The van der Waals surface area contributed by atoms with Gasteiger partial charge in [-0.2, -0.15) is 0 Å². The van der Waals surface area contributed by atoms with Crippen molar-refractivity contribution in [3.63, 3.8) is 0 Å². The summed E-state index contributed by atoms with van der Waals surface area (Å²) in [6, 6.07) is 14.9. The second kappa shape index (κ2) is 8.78. The van der Waals surface area contributed by atoms with E-state index in [1.54, 1.807) is 7.11 Å². The summed E-state index contributed by atoms with van der Waals surface area (Å²) in [6.45, 7) is 2.70. The van der Waals surface area contributed by atoms with Crippen LogP contribution >= 0.6 is 0 Å². The molecule has 1 saturated carbocycles. The molecule has 6 heteroatoms. The number of carbonyl (C=O) groups is 2. The largest absolute Gasteiger partial charge is 0.497 e. The lowest BCUT2D eigenvalue weighted by atomic mass is 10.0. The summed E-state index contributed by atoms with van der Waals surface area (Å²) in [4.78, 5) is 25.3. The van der Waals surface area contributed by atoms with E-state index < -0.39 is 5.41 Å². The van der Waals surface area contributed by atoms with E-state index in [9.17, 15) is 9.59 Å². The first-order valence-electron chi connectivity index (χ1n) is 9.53. The van der Waals surface area contributed by atoms with Crippen LogP contribution in [-0.4, -0.2) is 32.1 Å². The molecule has 6 nitrogen and oxygen atoms in total. The molecule has 0 aromatic heterocycles. The SMILES string of the molecule is CCc1ccccc1NC(=O)C1(C(=O)NCCOc2ccc(OC)cc2)CC1. The van der Waals surface area contributed by atoms with Crippen LogP contribution < -0.4 is 20.1 Å². The molecule has 2 aromatic carbocycles. The van der Waals surface area contributed by atoms with Crippen molar-refractivity contribution >= 4 is 17.5 Å². The molecule has 0 atom stereocenters. The molecule has 3 rings (SSSR count). The van der Waals surface area contributed by atoms with E-state index in [-0.39, 0.29) is 11.8 Å². The Bertz CT molecular complexity index is 829. The Morgan fingerprint density at radius 1 is 1.00 bits per heavy atom. The molecule has 2 N–H and O–H groups in total. The van der Waals surface area contributed by atoms with E-state index in [2.05, 4.69) is 10.6 Å². The maximum atomic E-state index is 12.7. The third kappa shape index (κ3) is 4.44. The third-order valence-corrected chi connectivity index (χ3v) is 4.98. The molecule has 148 valence electrons. The number of hydrogen-bond acceptors (Lipinski definition) is 4. The van der Waals surface area contributed by atoms with Crippen LogP contribution in [0.25, 0.3) is 0 Å². The Morgan fingerprint density at radius 3 is 2.32 bits per heavy atom. The van der Waals surface area contributed by atoms with Crippen LogP contribution in [0, 0.1) is 5.41 Å². The number of nitrogens with one attached hydrogen (secondary N) is 2. The number of methoxy groups -OCH3 is 1. The molecule has 0 aliphatic heterocycles. The average molecular weight is 382 g/mol. The molecule has 2 aromatic rings. The number of anilines is 1. The highest BCUT2D eigenvalue weighted by Crippen LogP contribution is 2.47. The summed E-state index contributed by atoms with van der Waals surface area (Å²) in [6.07, 6.45) is 1.95. The van der Waals surface area contributed by atoms with Crippen molar-refractivity contribution in [3.8, 4) is 11.5 Å². The normalized spacial score (nSPS) is 14.1. The number of hydrogen-bond donors (Lipinski definition) is 2. The fraction of sp³-hybridized carbons (Fsp3) is 0.364. The first-order valence-corrected chi connectivity index (χ1v) is 9.53. The van der Waals surface area contributed by atoms with Crippen LogP contribution in [0.4, 0.5) is 5.69 Å². The van der Waals surface area contributed by atoms with Crippen molar-refractivity contribution in [2.45, 2.75) is 26.2 Å². The van der Waals surface area contributed by atoms with E-state index in [1.165, 1.54) is 0 Å². The molecule has 0 saturated heterocycles. The average Bonchev–Trinajstić information content (AvgIpc) is 3.54. The zero-order chi connectivity index (χ0) is 20.0. The van der Waals surface area contributed by atoms with Crippen molar-refractivity contribution in [3.05, 3.63) is 54.1 Å². The van der Waals surface area contributed by atoms with Crippen LogP contribution in [0.15, 0.2) is 48.5 Å². The molecule has 1 fully saturated rings. The van der Waals surface area contributed by atoms with Crippen LogP contribution in [0.1, 0.15) is 25.3 Å². The zero-order valence-electron chi connectivity index (χ0n) is 16.3. The minimum absolute atomic E-state index is 0.234. The van der Waals surface area contributed by atoms with Crippen molar-refractivity contribution in [2.75, 3.05) is 25.6 Å². The lowest BCUT2D eigenvalue weighted by Crippen LogP contribution is -2.41. The van der Waals surface area contributed by atoms with E-state index in [0.717, 1.165) is 23.4 Å². The summed E-state index contributed by atoms with van der Waals surface area (Å²) in [7, 11) is 1.61. The van der Waals surface area contributed by atoms with Crippen molar-refractivity contribution in [1.82, 2.24) is 5.32 Å². The second-order valence-corrected chi connectivity index (χ2v) is 6.83. The van der Waals surface area contributed by atoms with Crippen molar-refractivity contribution < 1.29 is 19.1 Å². The van der Waals surface area contributed by atoms with Gasteiger partial charge in [-0.1, -0.05) is 25.1 Å². The molecular weight excluding hydrogens is 356 g/mol. The summed E-state index contributed by atoms with van der Waals surface area (Å²) >= 11 is 0. The van der Waals surface area contributed by atoms with Gasteiger partial charge in [-0.25, -0.2) is 0 Å². The van der Waals surface area contributed by atoms with Gasteiger partial charge in [-0.05, 0) is 55.2 Å². The molecule has 2 amide bonds. The zero-order valence-corrected chi connectivity index (χ0v) is 16.3. The number of rotatable bonds is 9. The summed E-state index contributed by atoms with van der Waals surface area (Å²) in [5.74, 6) is 0.983. The molecule has 0 radical (unpaired) electrons. The second-order valence-electron chi connectivity index (χ2n) is 6.83. The first kappa shape index (κ1) is 19.7. The highest BCUT2D eigenvalue weighted by Gasteiger charge is 2.56. The fourth-order valence-electron chi connectivity index (χ4n) is 3.05. The molecule has 0 heterocycles. The number of amides is 2. The topological polar surface area (TPSA) is 76.7 Å². The molecule has 0 spiro atoms. The maximum absolute atomic E-state index is 12.7. The number of benzene rings is 2. The maximum Gasteiger partial charge on any atom is 0.240 e. The van der Waals surface area contributed by atoms with Crippen LogP contribution in [0.2, 0.25) is 0 Å². The molecule has 0 bridgehead atoms. The smallest absolute Gasteiger partial charge is 0.240 e. The minimum Gasteiger partial charge on any atom is -0.497 e.